The van der Waals surface area contributed by atoms with Crippen molar-refractivity contribution < 1.29 is 0 Å². The molecule has 3 nitrogen and oxygen atoms in total. The molecular formula is C16H23N3. The van der Waals surface area contributed by atoms with E-state index in [9.17, 15) is 0 Å². The standard InChI is InChI=1S/C16H23N3/c1-2-14-7-9-18(10-8-14)11-12-19-13-17-15-5-3-4-6-16(15)19/h3-6,13-14H,2,7-12H2,1H3. The summed E-state index contributed by atoms with van der Waals surface area (Å²) in [7, 11) is 0. The summed E-state index contributed by atoms with van der Waals surface area (Å²) in [5.41, 5.74) is 2.36. The van der Waals surface area contributed by atoms with Gasteiger partial charge in [-0.3, -0.25) is 0 Å². The maximum atomic E-state index is 4.45. The van der Waals surface area contributed by atoms with Gasteiger partial charge >= 0.3 is 0 Å². The number of imidazole rings is 1. The summed E-state index contributed by atoms with van der Waals surface area (Å²) in [6, 6.07) is 8.38. The fourth-order valence-electron chi connectivity index (χ4n) is 3.06. The van der Waals surface area contributed by atoms with E-state index >= 15 is 0 Å². The van der Waals surface area contributed by atoms with E-state index in [2.05, 4.69) is 45.6 Å². The van der Waals surface area contributed by atoms with E-state index in [1.165, 1.54) is 37.9 Å². The molecular weight excluding hydrogens is 234 g/mol. The van der Waals surface area contributed by atoms with E-state index in [0.717, 1.165) is 24.5 Å². The molecule has 1 saturated heterocycles. The highest BCUT2D eigenvalue weighted by atomic mass is 15.2. The van der Waals surface area contributed by atoms with Crippen molar-refractivity contribution >= 4 is 11.0 Å². The topological polar surface area (TPSA) is 21.1 Å². The van der Waals surface area contributed by atoms with Crippen LogP contribution >= 0.6 is 0 Å². The molecule has 0 aliphatic carbocycles. The van der Waals surface area contributed by atoms with Crippen molar-refractivity contribution in [1.29, 1.82) is 0 Å². The van der Waals surface area contributed by atoms with Crippen LogP contribution in [0.4, 0.5) is 0 Å². The lowest BCUT2D eigenvalue weighted by Crippen LogP contribution is -2.35. The lowest BCUT2D eigenvalue weighted by atomic mass is 9.94. The van der Waals surface area contributed by atoms with Gasteiger partial charge in [-0.05, 0) is 44.0 Å². The maximum absolute atomic E-state index is 4.45. The molecule has 102 valence electrons. The Labute approximate surface area is 115 Å². The van der Waals surface area contributed by atoms with Crippen LogP contribution in [0, 0.1) is 5.92 Å². The van der Waals surface area contributed by atoms with Crippen LogP contribution in [0.5, 0.6) is 0 Å². The van der Waals surface area contributed by atoms with Crippen molar-refractivity contribution in [2.45, 2.75) is 32.7 Å². The van der Waals surface area contributed by atoms with Crippen molar-refractivity contribution in [2.24, 2.45) is 5.92 Å². The lowest BCUT2D eigenvalue weighted by Gasteiger charge is -2.31. The van der Waals surface area contributed by atoms with Crippen molar-refractivity contribution in [3.8, 4) is 0 Å². The largest absolute Gasteiger partial charge is 0.329 e. The highest BCUT2D eigenvalue weighted by Gasteiger charge is 2.17. The zero-order chi connectivity index (χ0) is 13.1. The van der Waals surface area contributed by atoms with Crippen molar-refractivity contribution in [3.05, 3.63) is 30.6 Å². The fraction of sp³-hybridized carbons (Fsp3) is 0.562. The minimum Gasteiger partial charge on any atom is -0.329 e. The van der Waals surface area contributed by atoms with Gasteiger partial charge in [-0.25, -0.2) is 4.98 Å². The molecule has 0 spiro atoms. The molecule has 3 rings (SSSR count). The number of nitrogens with zero attached hydrogens (tertiary/aromatic N) is 3. The van der Waals surface area contributed by atoms with Gasteiger partial charge in [0.25, 0.3) is 0 Å². The normalized spacial score (nSPS) is 18.2. The Kier molecular flexibility index (Phi) is 3.83. The van der Waals surface area contributed by atoms with Crippen LogP contribution in [0.25, 0.3) is 11.0 Å². The fourth-order valence-corrected chi connectivity index (χ4v) is 3.06. The van der Waals surface area contributed by atoms with Gasteiger partial charge in [-0.1, -0.05) is 25.5 Å². The molecule has 1 aromatic carbocycles. The third kappa shape index (κ3) is 2.81. The Morgan fingerprint density at radius 3 is 2.74 bits per heavy atom. The summed E-state index contributed by atoms with van der Waals surface area (Å²) in [5, 5.41) is 0. The molecule has 2 heterocycles. The SMILES string of the molecule is CCC1CCN(CCn2cnc3ccccc32)CC1. The number of para-hydroxylation sites is 2. The molecule has 0 N–H and O–H groups in total. The number of likely N-dealkylation sites (tertiary alicyclic amines) is 1. The number of rotatable bonds is 4. The third-order valence-corrected chi connectivity index (χ3v) is 4.47. The lowest BCUT2D eigenvalue weighted by molar-refractivity contribution is 0.177. The van der Waals surface area contributed by atoms with E-state index in [1.807, 2.05) is 6.33 Å². The predicted molar refractivity (Wildman–Crippen MR) is 79.2 cm³/mol. The number of hydrogen-bond acceptors (Lipinski definition) is 2. The second-order valence-electron chi connectivity index (χ2n) is 5.62. The summed E-state index contributed by atoms with van der Waals surface area (Å²) >= 11 is 0. The van der Waals surface area contributed by atoms with Crippen LogP contribution in [0.3, 0.4) is 0 Å². The van der Waals surface area contributed by atoms with Gasteiger partial charge in [0.1, 0.15) is 0 Å². The molecule has 19 heavy (non-hydrogen) atoms. The Hall–Kier alpha value is -1.35. The molecule has 0 saturated carbocycles. The molecule has 1 aromatic heterocycles. The van der Waals surface area contributed by atoms with E-state index in [4.69, 9.17) is 0 Å². The summed E-state index contributed by atoms with van der Waals surface area (Å²) in [5.74, 6) is 0.963. The average Bonchev–Trinajstić information content (AvgIpc) is 2.89. The van der Waals surface area contributed by atoms with Crippen molar-refractivity contribution in [2.75, 3.05) is 19.6 Å². The van der Waals surface area contributed by atoms with E-state index in [-0.39, 0.29) is 0 Å². The average molecular weight is 257 g/mol. The van der Waals surface area contributed by atoms with Gasteiger partial charge in [0.2, 0.25) is 0 Å². The second kappa shape index (κ2) is 5.74. The number of hydrogen-bond donors (Lipinski definition) is 0. The Bertz CT molecular complexity index is 524. The Balaban J connectivity index is 1.58. The van der Waals surface area contributed by atoms with Gasteiger partial charge in [-0.15, -0.1) is 0 Å². The van der Waals surface area contributed by atoms with Crippen LogP contribution in [0.15, 0.2) is 30.6 Å². The minimum atomic E-state index is 0.963. The van der Waals surface area contributed by atoms with Crippen LogP contribution in [-0.2, 0) is 6.54 Å². The number of benzene rings is 1. The first kappa shape index (κ1) is 12.7. The molecule has 0 bridgehead atoms. The summed E-state index contributed by atoms with van der Waals surface area (Å²) in [6.07, 6.45) is 6.08. The summed E-state index contributed by atoms with van der Waals surface area (Å²) < 4.78 is 2.28. The number of piperidine rings is 1. The predicted octanol–water partition coefficient (Wildman–Crippen LogP) is 3.16. The first-order chi connectivity index (χ1) is 9.36. The quantitative estimate of drug-likeness (QED) is 0.839. The van der Waals surface area contributed by atoms with Crippen LogP contribution in [-0.4, -0.2) is 34.1 Å². The third-order valence-electron chi connectivity index (χ3n) is 4.47. The van der Waals surface area contributed by atoms with E-state index < -0.39 is 0 Å². The first-order valence-electron chi connectivity index (χ1n) is 7.49. The van der Waals surface area contributed by atoms with Crippen LogP contribution < -0.4 is 0 Å². The molecule has 1 aliphatic heterocycles. The van der Waals surface area contributed by atoms with Gasteiger partial charge < -0.3 is 9.47 Å². The van der Waals surface area contributed by atoms with Crippen LogP contribution in [0.1, 0.15) is 26.2 Å². The Morgan fingerprint density at radius 2 is 1.95 bits per heavy atom. The minimum absolute atomic E-state index is 0.963. The van der Waals surface area contributed by atoms with Crippen molar-refractivity contribution in [3.63, 3.8) is 0 Å². The maximum Gasteiger partial charge on any atom is 0.0958 e. The zero-order valence-electron chi connectivity index (χ0n) is 11.8. The number of aromatic nitrogens is 2. The zero-order valence-corrected chi connectivity index (χ0v) is 11.8. The smallest absolute Gasteiger partial charge is 0.0958 e. The highest BCUT2D eigenvalue weighted by Crippen LogP contribution is 2.20. The monoisotopic (exact) mass is 257 g/mol. The van der Waals surface area contributed by atoms with Crippen molar-refractivity contribution in [1.82, 2.24) is 14.5 Å². The number of fused-ring (bicyclic) bond motifs is 1. The van der Waals surface area contributed by atoms with Gasteiger partial charge in [-0.2, -0.15) is 0 Å². The van der Waals surface area contributed by atoms with Crippen LogP contribution in [0.2, 0.25) is 0 Å². The molecule has 0 amide bonds. The van der Waals surface area contributed by atoms with E-state index in [1.54, 1.807) is 0 Å². The Morgan fingerprint density at radius 1 is 1.16 bits per heavy atom. The first-order valence-corrected chi connectivity index (χ1v) is 7.49. The molecule has 2 aromatic rings. The molecule has 1 aliphatic rings. The molecule has 3 heteroatoms. The van der Waals surface area contributed by atoms with Gasteiger partial charge in [0, 0.05) is 13.1 Å². The van der Waals surface area contributed by atoms with Gasteiger partial charge in [0.05, 0.1) is 17.4 Å². The molecule has 0 atom stereocenters. The molecule has 0 radical (unpaired) electrons. The second-order valence-corrected chi connectivity index (χ2v) is 5.62. The van der Waals surface area contributed by atoms with E-state index in [0.29, 0.717) is 0 Å². The molecule has 1 fully saturated rings. The molecule has 0 unspecified atom stereocenters. The summed E-state index contributed by atoms with van der Waals surface area (Å²) in [4.78, 5) is 7.05. The summed E-state index contributed by atoms with van der Waals surface area (Å²) in [6.45, 7) is 7.06. The highest BCUT2D eigenvalue weighted by molar-refractivity contribution is 5.74. The van der Waals surface area contributed by atoms with Gasteiger partial charge in [0.15, 0.2) is 0 Å².